The summed E-state index contributed by atoms with van der Waals surface area (Å²) in [5, 5.41) is 7.10. The summed E-state index contributed by atoms with van der Waals surface area (Å²) in [5.41, 5.74) is 9.13. The lowest BCUT2D eigenvalue weighted by Gasteiger charge is -2.32. The van der Waals surface area contributed by atoms with Crippen molar-refractivity contribution in [1.29, 1.82) is 0 Å². The van der Waals surface area contributed by atoms with Crippen LogP contribution in [0.25, 0.3) is 53.9 Å². The second-order valence-corrected chi connectivity index (χ2v) is 20.3. The van der Waals surface area contributed by atoms with Crippen LogP contribution in [-0.2, 0) is 0 Å². The van der Waals surface area contributed by atoms with Crippen molar-refractivity contribution in [3.05, 3.63) is 237 Å². The van der Waals surface area contributed by atoms with Crippen LogP contribution in [0.15, 0.2) is 170 Å². The van der Waals surface area contributed by atoms with Gasteiger partial charge in [-0.3, -0.25) is 38.4 Å². The molecule has 4 aliphatic heterocycles. The molecule has 0 saturated carbocycles. The number of hydrogen-bond donors (Lipinski definition) is 0. The van der Waals surface area contributed by atoms with Gasteiger partial charge in [0.25, 0.3) is 47.3 Å². The second kappa shape index (κ2) is 36.6. The predicted molar refractivity (Wildman–Crippen MR) is 414 cm³/mol. The normalized spacial score (nSPS) is 12.4. The van der Waals surface area contributed by atoms with Crippen LogP contribution in [0.5, 0.6) is 0 Å². The Morgan fingerprint density at radius 2 is 0.286 bits per heavy atom. The Bertz CT molecular complexity index is 4160. The highest BCUT2D eigenvalue weighted by Crippen LogP contribution is 2.48. The van der Waals surface area contributed by atoms with E-state index in [1.807, 2.05) is 239 Å². The third-order valence-electron chi connectivity index (χ3n) is 15.7. The molecule has 0 saturated heterocycles. The summed E-state index contributed by atoms with van der Waals surface area (Å²) in [6.07, 6.45) is 0. The number of carbonyl (C=O) groups is 8. The maximum absolute atomic E-state index is 13.9. The summed E-state index contributed by atoms with van der Waals surface area (Å²) in [6, 6.07) is 50.1. The molecule has 12 heteroatoms. The molecule has 4 aliphatic rings. The van der Waals surface area contributed by atoms with E-state index in [0.717, 1.165) is 64.4 Å². The zero-order valence-electron chi connectivity index (χ0n) is 62.2. The van der Waals surface area contributed by atoms with Gasteiger partial charge in [-0.05, 0) is 157 Å². The first kappa shape index (κ1) is 80.0. The van der Waals surface area contributed by atoms with Crippen LogP contribution >= 0.6 is 0 Å². The quantitative estimate of drug-likeness (QED) is 0.0960. The summed E-state index contributed by atoms with van der Waals surface area (Å²) in [5.74, 6) is -3.37. The van der Waals surface area contributed by atoms with Crippen molar-refractivity contribution in [1.82, 2.24) is 0 Å². The molecule has 15 rings (SSSR count). The molecular weight excluding hydrogens is 1220 g/mol. The van der Waals surface area contributed by atoms with Crippen molar-refractivity contribution >= 4 is 124 Å². The molecule has 4 heterocycles. The number of hydrogen-bond acceptors (Lipinski definition) is 8. The number of benzene rings is 11. The van der Waals surface area contributed by atoms with Crippen molar-refractivity contribution in [3.63, 3.8) is 0 Å². The average molecular weight is 1320 g/mol. The Morgan fingerprint density at radius 3 is 0.429 bits per heavy atom. The predicted octanol–water partition coefficient (Wildman–Crippen LogP) is 23.3. The summed E-state index contributed by atoms with van der Waals surface area (Å²) >= 11 is 0. The fourth-order valence-corrected chi connectivity index (χ4v) is 11.9. The smallest absolute Gasteiger partial charge is 0.265 e. The molecule has 0 fully saturated rings. The van der Waals surface area contributed by atoms with Gasteiger partial charge in [0.1, 0.15) is 0 Å². The van der Waals surface area contributed by atoms with Crippen molar-refractivity contribution in [2.75, 3.05) is 19.6 Å². The first-order valence-electron chi connectivity index (χ1n) is 35.3. The van der Waals surface area contributed by atoms with Gasteiger partial charge in [-0.2, -0.15) is 0 Å². The number of nitrogens with zero attached hydrogens (tertiary/aromatic N) is 4. The molecule has 0 radical (unpaired) electrons. The van der Waals surface area contributed by atoms with E-state index in [4.69, 9.17) is 0 Å². The summed E-state index contributed by atoms with van der Waals surface area (Å²) < 4.78 is 0. The van der Waals surface area contributed by atoms with Gasteiger partial charge in [0.15, 0.2) is 0 Å². The molecule has 8 amide bonds. The number of carbonyl (C=O) groups excluding carboxylic acids is 8. The van der Waals surface area contributed by atoms with E-state index in [1.54, 1.807) is 97.1 Å². The van der Waals surface area contributed by atoms with E-state index in [-0.39, 0.29) is 23.6 Å². The molecule has 12 nitrogen and oxygen atoms in total. The second-order valence-electron chi connectivity index (χ2n) is 20.3. The molecule has 0 N–H and O–H groups in total. The third kappa shape index (κ3) is 14.2. The van der Waals surface area contributed by atoms with Gasteiger partial charge in [-0.25, -0.2) is 19.6 Å². The van der Waals surface area contributed by atoms with Gasteiger partial charge in [0, 0.05) is 66.1 Å². The van der Waals surface area contributed by atoms with E-state index in [1.165, 1.54) is 9.80 Å². The topological polar surface area (TPSA) is 150 Å². The number of amides is 8. The fraction of sp³-hybridized carbons (Fsp3) is 0.279. The molecule has 0 spiro atoms. The molecular formula is C86H100N4O8. The van der Waals surface area contributed by atoms with Gasteiger partial charge in [0.2, 0.25) is 0 Å². The lowest BCUT2D eigenvalue weighted by molar-refractivity contribution is 0.0873. The van der Waals surface area contributed by atoms with Crippen molar-refractivity contribution in [2.45, 2.75) is 166 Å². The monoisotopic (exact) mass is 1320 g/mol. The molecule has 0 unspecified atom stereocenters. The van der Waals surface area contributed by atoms with Gasteiger partial charge in [0.05, 0.1) is 22.7 Å². The summed E-state index contributed by atoms with van der Waals surface area (Å²) in [6.45, 7) is 47.8. The van der Waals surface area contributed by atoms with Gasteiger partial charge < -0.3 is 0 Å². The maximum Gasteiger partial charge on any atom is 0.265 e. The minimum Gasteiger partial charge on any atom is -0.268 e. The highest BCUT2D eigenvalue weighted by atomic mass is 16.2. The first-order valence-corrected chi connectivity index (χ1v) is 35.3. The number of aryl methyl sites for hydroxylation is 4. The van der Waals surface area contributed by atoms with E-state index >= 15 is 0 Å². The molecule has 0 bridgehead atoms. The van der Waals surface area contributed by atoms with Crippen LogP contribution in [0, 0.1) is 27.7 Å². The van der Waals surface area contributed by atoms with Crippen LogP contribution in [0.1, 0.15) is 244 Å². The van der Waals surface area contributed by atoms with Crippen LogP contribution in [0.2, 0.25) is 0 Å². The Labute approximate surface area is 581 Å². The van der Waals surface area contributed by atoms with E-state index in [0.29, 0.717) is 88.8 Å². The maximum atomic E-state index is 13.9. The standard InChI is InChI=1S/C38H22N2O4.C28H18N2O4.10C2H6/c1-19-3-7-21(8-4-19)39-35(41)27-15-11-23-25-13-17-29-34-30(38(44)40(37(29)43)22-9-5-20(2)6-10-22)18-14-26(32(25)34)24-12-16-28(36(39)42)33(27)31(23)24;1-15-3-7-17(8-4-15)29-25(31)19-11-13-21-24-22(14-12-20(23(19)24)26(29)32)28(34)30(27(21)33)18-9-5-16(2)6-10-18;10*1-2/h3-18H,1-2H3;3-14H,1-2H3;10*1-2H3. The van der Waals surface area contributed by atoms with Crippen molar-refractivity contribution < 1.29 is 38.4 Å². The molecule has 0 aliphatic carbocycles. The highest BCUT2D eigenvalue weighted by Gasteiger charge is 2.42. The molecule has 0 aromatic heterocycles. The zero-order valence-corrected chi connectivity index (χ0v) is 62.2. The van der Waals surface area contributed by atoms with E-state index in [2.05, 4.69) is 0 Å². The van der Waals surface area contributed by atoms with Crippen LogP contribution in [0.3, 0.4) is 0 Å². The Hall–Kier alpha value is -10.5. The van der Waals surface area contributed by atoms with Gasteiger partial charge >= 0.3 is 0 Å². The molecule has 11 aromatic rings. The van der Waals surface area contributed by atoms with Crippen LogP contribution in [-0.4, -0.2) is 47.3 Å². The number of anilines is 4. The summed E-state index contributed by atoms with van der Waals surface area (Å²) in [7, 11) is 0. The highest BCUT2D eigenvalue weighted by molar-refractivity contribution is 6.46. The van der Waals surface area contributed by atoms with Gasteiger partial charge in [-0.1, -0.05) is 234 Å². The third-order valence-corrected chi connectivity index (χ3v) is 15.7. The molecule has 98 heavy (non-hydrogen) atoms. The molecule has 0 atom stereocenters. The minimum atomic E-state index is -0.481. The Kier molecular flexibility index (Phi) is 29.9. The van der Waals surface area contributed by atoms with Crippen LogP contribution < -0.4 is 19.6 Å². The van der Waals surface area contributed by atoms with Crippen molar-refractivity contribution in [2.24, 2.45) is 0 Å². The lowest BCUT2D eigenvalue weighted by Crippen LogP contribution is -2.43. The van der Waals surface area contributed by atoms with E-state index < -0.39 is 23.6 Å². The van der Waals surface area contributed by atoms with Gasteiger partial charge in [-0.15, -0.1) is 0 Å². The largest absolute Gasteiger partial charge is 0.268 e. The fourth-order valence-electron chi connectivity index (χ4n) is 11.9. The van der Waals surface area contributed by atoms with Crippen molar-refractivity contribution in [3.8, 4) is 0 Å². The molecule has 512 valence electrons. The average Bonchev–Trinajstić information content (AvgIpc) is 0.697. The number of fused-ring (bicyclic) bond motifs is 2. The van der Waals surface area contributed by atoms with E-state index in [9.17, 15) is 38.4 Å². The Morgan fingerprint density at radius 1 is 0.163 bits per heavy atom. The zero-order chi connectivity index (χ0) is 73.7. The van der Waals surface area contributed by atoms with Crippen LogP contribution in [0.4, 0.5) is 22.7 Å². The summed E-state index contributed by atoms with van der Waals surface area (Å²) in [4.78, 5) is 114. The lowest BCUT2D eigenvalue weighted by atomic mass is 9.82. The molecule has 11 aromatic carbocycles. The number of rotatable bonds is 4. The SMILES string of the molecule is CC.CC.CC.CC.CC.CC.CC.CC.CC.CC.Cc1ccc(N2C(=O)c3ccc4c5c(ccc(c35)C2=O)C(=O)N(c2ccc(C)cc2)C4=O)cc1.Cc1ccc(N2C(=O)c3ccc4c5ccc6c7c(ccc(c8ccc(c3c48)C2=O)c75)C(=O)N(c2ccc(C)cc2)C6=O)cc1. The first-order chi connectivity index (χ1) is 47.7. The number of imide groups is 4. The minimum absolute atomic E-state index is 0.292. The Balaban J connectivity index is 0.000000339.